The second-order valence-corrected chi connectivity index (χ2v) is 5.74. The lowest BCUT2D eigenvalue weighted by Crippen LogP contribution is -2.28. The van der Waals surface area contributed by atoms with E-state index in [1.54, 1.807) is 30.3 Å². The molecule has 0 aliphatic rings. The van der Waals surface area contributed by atoms with E-state index >= 15 is 0 Å². The van der Waals surface area contributed by atoms with Crippen molar-refractivity contribution in [3.05, 3.63) is 58.3 Å². The van der Waals surface area contributed by atoms with E-state index in [0.717, 1.165) is 5.56 Å². The number of benzene rings is 2. The normalized spacial score (nSPS) is 10.1. The smallest absolute Gasteiger partial charge is 0.316 e. The van der Waals surface area contributed by atoms with Crippen molar-refractivity contribution in [2.75, 3.05) is 11.9 Å². The highest BCUT2D eigenvalue weighted by Gasteiger charge is 2.07. The number of carbonyl (C=O) groups is 2. The minimum Gasteiger partial charge on any atom is -0.481 e. The molecule has 0 atom stereocenters. The zero-order chi connectivity index (χ0) is 17.5. The lowest BCUT2D eigenvalue weighted by atomic mass is 10.2. The summed E-state index contributed by atoms with van der Waals surface area (Å²) in [6, 6.07) is 10.5. The van der Waals surface area contributed by atoms with Gasteiger partial charge in [-0.15, -0.1) is 0 Å². The van der Waals surface area contributed by atoms with Gasteiger partial charge in [0, 0.05) is 16.7 Å². The first-order valence-corrected chi connectivity index (χ1v) is 7.73. The maximum Gasteiger partial charge on any atom is 0.316 e. The van der Waals surface area contributed by atoms with Crippen molar-refractivity contribution in [3.63, 3.8) is 0 Å². The summed E-state index contributed by atoms with van der Waals surface area (Å²) in [5.41, 5.74) is 6.40. The van der Waals surface area contributed by atoms with Crippen molar-refractivity contribution in [2.24, 2.45) is 5.73 Å². The van der Waals surface area contributed by atoms with Crippen LogP contribution < -0.4 is 21.1 Å². The molecule has 126 valence electrons. The summed E-state index contributed by atoms with van der Waals surface area (Å²) in [7, 11) is 0. The van der Waals surface area contributed by atoms with Gasteiger partial charge in [-0.3, -0.25) is 4.79 Å². The quantitative estimate of drug-likeness (QED) is 0.701. The average Bonchev–Trinajstić information content (AvgIpc) is 2.53. The van der Waals surface area contributed by atoms with Crippen LogP contribution in [-0.4, -0.2) is 18.5 Å². The molecule has 2 aromatic rings. The number of hydrogen-bond donors (Lipinski definition) is 3. The van der Waals surface area contributed by atoms with E-state index in [0.29, 0.717) is 10.2 Å². The fourth-order valence-electron chi connectivity index (χ4n) is 1.84. The Bertz CT molecular complexity index is 738. The van der Waals surface area contributed by atoms with E-state index in [9.17, 15) is 14.0 Å². The maximum absolute atomic E-state index is 13.6. The second kappa shape index (κ2) is 8.30. The molecule has 2 rings (SSSR count). The highest BCUT2D eigenvalue weighted by Crippen LogP contribution is 2.21. The minimum atomic E-state index is -0.645. The van der Waals surface area contributed by atoms with Gasteiger partial charge >= 0.3 is 6.03 Å². The third kappa shape index (κ3) is 5.54. The molecule has 0 unspecified atom stereocenters. The number of amides is 3. The lowest BCUT2D eigenvalue weighted by Gasteiger charge is -2.09. The molecule has 0 heterocycles. The topological polar surface area (TPSA) is 93.5 Å². The zero-order valence-electron chi connectivity index (χ0n) is 12.5. The van der Waals surface area contributed by atoms with E-state index in [-0.39, 0.29) is 24.8 Å². The maximum atomic E-state index is 13.6. The van der Waals surface area contributed by atoms with Crippen molar-refractivity contribution in [2.45, 2.75) is 6.54 Å². The zero-order valence-corrected chi connectivity index (χ0v) is 14.1. The monoisotopic (exact) mass is 395 g/mol. The van der Waals surface area contributed by atoms with Crippen LogP contribution in [0.3, 0.4) is 0 Å². The summed E-state index contributed by atoms with van der Waals surface area (Å²) in [5, 5.41) is 5.09. The number of ether oxygens (including phenoxy) is 1. The van der Waals surface area contributed by atoms with E-state index in [4.69, 9.17) is 10.5 Å². The first-order valence-electron chi connectivity index (χ1n) is 6.94. The van der Waals surface area contributed by atoms with Crippen molar-refractivity contribution in [1.82, 2.24) is 5.32 Å². The van der Waals surface area contributed by atoms with Crippen LogP contribution in [0.4, 0.5) is 14.9 Å². The average molecular weight is 396 g/mol. The molecule has 24 heavy (non-hydrogen) atoms. The van der Waals surface area contributed by atoms with Gasteiger partial charge in [-0.25, -0.2) is 9.18 Å². The molecule has 0 spiro atoms. The SMILES string of the molecule is NC(=O)Nc1ccc(CNC(=O)COc2ccc(Br)cc2F)cc1. The number of halogens is 2. The van der Waals surface area contributed by atoms with Crippen molar-refractivity contribution in [1.29, 1.82) is 0 Å². The van der Waals surface area contributed by atoms with Gasteiger partial charge in [0.05, 0.1) is 0 Å². The van der Waals surface area contributed by atoms with Gasteiger partial charge in [0.2, 0.25) is 0 Å². The highest BCUT2D eigenvalue weighted by atomic mass is 79.9. The van der Waals surface area contributed by atoms with Crippen LogP contribution in [0.5, 0.6) is 5.75 Å². The molecule has 0 saturated heterocycles. The first kappa shape index (κ1) is 17.7. The third-order valence-electron chi connectivity index (χ3n) is 2.96. The van der Waals surface area contributed by atoms with Crippen LogP contribution in [0.1, 0.15) is 5.56 Å². The molecule has 8 heteroatoms. The number of urea groups is 1. The van der Waals surface area contributed by atoms with Crippen LogP contribution in [-0.2, 0) is 11.3 Å². The predicted octanol–water partition coefficient (Wildman–Crippen LogP) is 2.77. The molecular weight excluding hydrogens is 381 g/mol. The fraction of sp³-hybridized carbons (Fsp3) is 0.125. The first-order chi connectivity index (χ1) is 11.4. The molecule has 2 aromatic carbocycles. The van der Waals surface area contributed by atoms with E-state index in [2.05, 4.69) is 26.6 Å². The second-order valence-electron chi connectivity index (χ2n) is 4.83. The van der Waals surface area contributed by atoms with Crippen LogP contribution >= 0.6 is 15.9 Å². The van der Waals surface area contributed by atoms with E-state index in [1.807, 2.05) is 0 Å². The molecule has 3 amide bonds. The van der Waals surface area contributed by atoms with Crippen molar-refractivity contribution < 1.29 is 18.7 Å². The Hall–Kier alpha value is -2.61. The number of nitrogens with two attached hydrogens (primary N) is 1. The number of carbonyl (C=O) groups excluding carboxylic acids is 2. The summed E-state index contributed by atoms with van der Waals surface area (Å²) in [5.74, 6) is -0.915. The van der Waals surface area contributed by atoms with E-state index < -0.39 is 11.8 Å². The van der Waals surface area contributed by atoms with Crippen molar-refractivity contribution in [3.8, 4) is 5.75 Å². The molecule has 0 radical (unpaired) electrons. The Kier molecular flexibility index (Phi) is 6.14. The molecule has 0 aliphatic carbocycles. The summed E-state index contributed by atoms with van der Waals surface area (Å²) >= 11 is 3.14. The van der Waals surface area contributed by atoms with Gasteiger partial charge in [0.15, 0.2) is 18.2 Å². The van der Waals surface area contributed by atoms with Crippen LogP contribution in [0, 0.1) is 5.82 Å². The molecule has 0 aromatic heterocycles. The third-order valence-corrected chi connectivity index (χ3v) is 3.46. The van der Waals surface area contributed by atoms with Gasteiger partial charge in [0.1, 0.15) is 0 Å². The number of nitrogens with one attached hydrogen (secondary N) is 2. The highest BCUT2D eigenvalue weighted by molar-refractivity contribution is 9.10. The Labute approximate surface area is 146 Å². The molecule has 6 nitrogen and oxygen atoms in total. The Morgan fingerprint density at radius 3 is 2.50 bits per heavy atom. The molecule has 4 N–H and O–H groups in total. The summed E-state index contributed by atoms with van der Waals surface area (Å²) < 4.78 is 19.3. The summed E-state index contributed by atoms with van der Waals surface area (Å²) in [6.45, 7) is -0.0122. The summed E-state index contributed by atoms with van der Waals surface area (Å²) in [4.78, 5) is 22.5. The van der Waals surface area contributed by atoms with Crippen LogP contribution in [0.2, 0.25) is 0 Å². The summed E-state index contributed by atoms with van der Waals surface area (Å²) in [6.07, 6.45) is 0. The Balaban J connectivity index is 1.79. The van der Waals surface area contributed by atoms with Gasteiger partial charge < -0.3 is 21.1 Å². The van der Waals surface area contributed by atoms with Crippen LogP contribution in [0.15, 0.2) is 46.9 Å². The number of primary amides is 1. The van der Waals surface area contributed by atoms with Gasteiger partial charge in [-0.1, -0.05) is 28.1 Å². The Morgan fingerprint density at radius 2 is 1.88 bits per heavy atom. The molecule has 0 fully saturated rings. The molecule has 0 bridgehead atoms. The number of hydrogen-bond acceptors (Lipinski definition) is 3. The van der Waals surface area contributed by atoms with Crippen LogP contribution in [0.25, 0.3) is 0 Å². The van der Waals surface area contributed by atoms with Crippen molar-refractivity contribution >= 4 is 33.6 Å². The fourth-order valence-corrected chi connectivity index (χ4v) is 2.17. The Morgan fingerprint density at radius 1 is 1.17 bits per heavy atom. The number of anilines is 1. The van der Waals surface area contributed by atoms with Gasteiger partial charge in [0.25, 0.3) is 5.91 Å². The molecule has 0 saturated carbocycles. The van der Waals surface area contributed by atoms with E-state index in [1.165, 1.54) is 12.1 Å². The van der Waals surface area contributed by atoms with Gasteiger partial charge in [-0.2, -0.15) is 0 Å². The van der Waals surface area contributed by atoms with Gasteiger partial charge in [-0.05, 0) is 35.9 Å². The standard InChI is InChI=1S/C16H15BrFN3O3/c17-11-3-6-14(13(18)7-11)24-9-15(22)20-8-10-1-4-12(5-2-10)21-16(19)23/h1-7H,8-9H2,(H,20,22)(H3,19,21,23). The molecule has 0 aliphatic heterocycles. The minimum absolute atomic E-state index is 0.00947. The number of rotatable bonds is 6. The largest absolute Gasteiger partial charge is 0.481 e. The predicted molar refractivity (Wildman–Crippen MR) is 91.1 cm³/mol. The molecular formula is C16H15BrFN3O3. The lowest BCUT2D eigenvalue weighted by molar-refractivity contribution is -0.123.